The van der Waals surface area contributed by atoms with E-state index in [0.717, 1.165) is 25.9 Å². The molecule has 2 aliphatic heterocycles. The lowest BCUT2D eigenvalue weighted by molar-refractivity contribution is -0.155. The Morgan fingerprint density at radius 2 is 2.15 bits per heavy atom. The minimum Gasteiger partial charge on any atom is -0.481 e. The summed E-state index contributed by atoms with van der Waals surface area (Å²) in [5.41, 5.74) is 0. The van der Waals surface area contributed by atoms with Crippen LogP contribution in [0.3, 0.4) is 0 Å². The molecule has 0 bridgehead atoms. The van der Waals surface area contributed by atoms with Crippen LogP contribution in [0.2, 0.25) is 0 Å². The van der Waals surface area contributed by atoms with Crippen LogP contribution >= 0.6 is 0 Å². The van der Waals surface area contributed by atoms with Crippen molar-refractivity contribution < 1.29 is 19.4 Å². The molecule has 0 aromatic heterocycles. The molecule has 4 atom stereocenters. The highest BCUT2D eigenvalue weighted by Gasteiger charge is 2.41. The van der Waals surface area contributed by atoms with E-state index in [1.165, 1.54) is 6.42 Å². The standard InChI is InChI=1S/C15H25NO4/c1-10-9-13(17)16(11(2)14(10)15(18)19)7-6-12-5-3-4-8-20-12/h10-12,14H,3-9H2,1-2H3,(H,18,19). The second kappa shape index (κ2) is 6.57. The molecule has 2 fully saturated rings. The average molecular weight is 283 g/mol. The van der Waals surface area contributed by atoms with Gasteiger partial charge in [0, 0.05) is 25.6 Å². The molecule has 2 rings (SSSR count). The lowest BCUT2D eigenvalue weighted by Gasteiger charge is -2.41. The van der Waals surface area contributed by atoms with Gasteiger partial charge in [-0.2, -0.15) is 0 Å². The van der Waals surface area contributed by atoms with Crippen molar-refractivity contribution in [2.24, 2.45) is 11.8 Å². The molecule has 0 aliphatic carbocycles. The summed E-state index contributed by atoms with van der Waals surface area (Å²) in [5, 5.41) is 9.34. The number of carbonyl (C=O) groups excluding carboxylic acids is 1. The summed E-state index contributed by atoms with van der Waals surface area (Å²) in [5.74, 6) is -1.26. The van der Waals surface area contributed by atoms with Crippen LogP contribution in [-0.2, 0) is 14.3 Å². The molecule has 5 nitrogen and oxygen atoms in total. The number of nitrogens with zero attached hydrogens (tertiary/aromatic N) is 1. The minimum absolute atomic E-state index is 0.0818. The predicted octanol–water partition coefficient (Wildman–Crippen LogP) is 1.90. The molecule has 0 aromatic carbocycles. The summed E-state index contributed by atoms with van der Waals surface area (Å²) in [4.78, 5) is 25.3. The number of ether oxygens (including phenoxy) is 1. The highest BCUT2D eigenvalue weighted by molar-refractivity contribution is 5.81. The maximum atomic E-state index is 12.1. The Balaban J connectivity index is 1.94. The van der Waals surface area contributed by atoms with Gasteiger partial charge in [0.25, 0.3) is 0 Å². The molecule has 2 aliphatic rings. The first-order valence-corrected chi connectivity index (χ1v) is 7.64. The number of amides is 1. The number of carboxylic acids is 1. The zero-order valence-electron chi connectivity index (χ0n) is 12.4. The monoisotopic (exact) mass is 283 g/mol. The van der Waals surface area contributed by atoms with Crippen molar-refractivity contribution >= 4 is 11.9 Å². The van der Waals surface area contributed by atoms with Crippen LogP contribution in [0.15, 0.2) is 0 Å². The number of hydrogen-bond acceptors (Lipinski definition) is 3. The maximum absolute atomic E-state index is 12.1. The second-order valence-electron chi connectivity index (χ2n) is 6.15. The zero-order chi connectivity index (χ0) is 14.7. The fraction of sp³-hybridized carbons (Fsp3) is 0.867. The van der Waals surface area contributed by atoms with E-state index >= 15 is 0 Å². The van der Waals surface area contributed by atoms with Crippen molar-refractivity contribution in [3.05, 3.63) is 0 Å². The van der Waals surface area contributed by atoms with Gasteiger partial charge in [0.15, 0.2) is 0 Å². The molecule has 0 spiro atoms. The molecule has 0 aromatic rings. The lowest BCUT2D eigenvalue weighted by Crippen LogP contribution is -2.53. The summed E-state index contributed by atoms with van der Waals surface area (Å²) in [6.07, 6.45) is 4.74. The zero-order valence-corrected chi connectivity index (χ0v) is 12.4. The highest BCUT2D eigenvalue weighted by Crippen LogP contribution is 2.30. The van der Waals surface area contributed by atoms with Gasteiger partial charge in [0.2, 0.25) is 5.91 Å². The van der Waals surface area contributed by atoms with Gasteiger partial charge in [-0.1, -0.05) is 6.92 Å². The van der Waals surface area contributed by atoms with Gasteiger partial charge in [-0.3, -0.25) is 9.59 Å². The quantitative estimate of drug-likeness (QED) is 0.855. The van der Waals surface area contributed by atoms with Crippen molar-refractivity contribution in [2.75, 3.05) is 13.2 Å². The largest absolute Gasteiger partial charge is 0.481 e. The Hall–Kier alpha value is -1.10. The Morgan fingerprint density at radius 1 is 1.40 bits per heavy atom. The van der Waals surface area contributed by atoms with Crippen molar-refractivity contribution in [3.8, 4) is 0 Å². The molecular weight excluding hydrogens is 258 g/mol. The lowest BCUT2D eigenvalue weighted by atomic mass is 9.81. The number of piperidine rings is 1. The first-order valence-electron chi connectivity index (χ1n) is 7.64. The molecule has 2 heterocycles. The number of hydrogen-bond donors (Lipinski definition) is 1. The number of likely N-dealkylation sites (tertiary alicyclic amines) is 1. The van der Waals surface area contributed by atoms with Crippen molar-refractivity contribution in [3.63, 3.8) is 0 Å². The van der Waals surface area contributed by atoms with E-state index in [4.69, 9.17) is 4.74 Å². The van der Waals surface area contributed by atoms with Crippen molar-refractivity contribution in [2.45, 2.75) is 58.1 Å². The van der Waals surface area contributed by atoms with Crippen LogP contribution in [0.25, 0.3) is 0 Å². The normalized spacial score (nSPS) is 35.1. The summed E-state index contributed by atoms with van der Waals surface area (Å²) in [6.45, 7) is 5.13. The predicted molar refractivity (Wildman–Crippen MR) is 74.3 cm³/mol. The molecule has 5 heteroatoms. The van der Waals surface area contributed by atoms with Crippen LogP contribution in [0.1, 0.15) is 46.0 Å². The van der Waals surface area contributed by atoms with Gasteiger partial charge in [-0.05, 0) is 38.5 Å². The van der Waals surface area contributed by atoms with Gasteiger partial charge >= 0.3 is 5.97 Å². The van der Waals surface area contributed by atoms with Gasteiger partial charge in [-0.25, -0.2) is 0 Å². The molecule has 4 unspecified atom stereocenters. The molecule has 1 N–H and O–H groups in total. The SMILES string of the molecule is CC1CC(=O)N(CCC2CCCCO2)C(C)C1C(=O)O. The van der Waals surface area contributed by atoms with Crippen LogP contribution in [-0.4, -0.2) is 47.2 Å². The topological polar surface area (TPSA) is 66.8 Å². The average Bonchev–Trinajstić information content (AvgIpc) is 2.38. The molecule has 2 saturated heterocycles. The minimum atomic E-state index is -0.795. The molecule has 1 amide bonds. The first kappa shape index (κ1) is 15.3. The summed E-state index contributed by atoms with van der Waals surface area (Å²) in [7, 11) is 0. The van der Waals surface area contributed by atoms with Crippen LogP contribution in [0.5, 0.6) is 0 Å². The molecule has 0 radical (unpaired) electrons. The smallest absolute Gasteiger partial charge is 0.308 e. The van der Waals surface area contributed by atoms with E-state index in [9.17, 15) is 14.7 Å². The number of aliphatic carboxylic acids is 1. The van der Waals surface area contributed by atoms with Gasteiger partial charge in [0.1, 0.15) is 0 Å². The van der Waals surface area contributed by atoms with E-state index in [1.54, 1.807) is 4.90 Å². The van der Waals surface area contributed by atoms with E-state index in [2.05, 4.69) is 0 Å². The fourth-order valence-electron chi connectivity index (χ4n) is 3.51. The Bertz CT molecular complexity index is 365. The Kier molecular flexibility index (Phi) is 5.02. The van der Waals surface area contributed by atoms with Crippen LogP contribution in [0.4, 0.5) is 0 Å². The summed E-state index contributed by atoms with van der Waals surface area (Å²) in [6, 6.07) is -0.229. The first-order chi connectivity index (χ1) is 9.50. The highest BCUT2D eigenvalue weighted by atomic mass is 16.5. The molecular formula is C15H25NO4. The van der Waals surface area contributed by atoms with Gasteiger partial charge < -0.3 is 14.7 Å². The molecule has 114 valence electrons. The molecule has 20 heavy (non-hydrogen) atoms. The third kappa shape index (κ3) is 3.32. The van der Waals surface area contributed by atoms with E-state index in [0.29, 0.717) is 13.0 Å². The van der Waals surface area contributed by atoms with E-state index in [-0.39, 0.29) is 24.0 Å². The third-order valence-electron chi connectivity index (χ3n) is 4.69. The van der Waals surface area contributed by atoms with Crippen molar-refractivity contribution in [1.82, 2.24) is 4.90 Å². The number of rotatable bonds is 4. The van der Waals surface area contributed by atoms with Gasteiger partial charge in [-0.15, -0.1) is 0 Å². The van der Waals surface area contributed by atoms with Crippen molar-refractivity contribution in [1.29, 1.82) is 0 Å². The van der Waals surface area contributed by atoms with Crippen LogP contribution in [0, 0.1) is 11.8 Å². The summed E-state index contributed by atoms with van der Waals surface area (Å²) >= 11 is 0. The number of carboxylic acid groups (broad SMARTS) is 1. The van der Waals surface area contributed by atoms with Gasteiger partial charge in [0.05, 0.1) is 12.0 Å². The maximum Gasteiger partial charge on any atom is 0.308 e. The van der Waals surface area contributed by atoms with Crippen LogP contribution < -0.4 is 0 Å². The van der Waals surface area contributed by atoms with E-state index < -0.39 is 11.9 Å². The number of carbonyl (C=O) groups is 2. The Labute approximate surface area is 120 Å². The third-order valence-corrected chi connectivity index (χ3v) is 4.69. The summed E-state index contributed by atoms with van der Waals surface area (Å²) < 4.78 is 5.68. The fourth-order valence-corrected chi connectivity index (χ4v) is 3.51. The van der Waals surface area contributed by atoms with E-state index in [1.807, 2.05) is 13.8 Å². The molecule has 0 saturated carbocycles. The second-order valence-corrected chi connectivity index (χ2v) is 6.15. The Morgan fingerprint density at radius 3 is 2.75 bits per heavy atom.